The summed E-state index contributed by atoms with van der Waals surface area (Å²) in [6.07, 6.45) is 4.62. The number of fused-ring (bicyclic) bond motifs is 16. The van der Waals surface area contributed by atoms with E-state index in [4.69, 9.17) is 29.9 Å². The maximum atomic E-state index is 11.5. The van der Waals surface area contributed by atoms with E-state index in [1.54, 1.807) is 0 Å². The van der Waals surface area contributed by atoms with Crippen molar-refractivity contribution in [1.82, 2.24) is 39.9 Å². The number of aromatic amines is 2. The maximum absolute atomic E-state index is 11.5. The van der Waals surface area contributed by atoms with Gasteiger partial charge in [0.25, 0.3) is 0 Å². The monoisotopic (exact) mass is 1190 g/mol. The van der Waals surface area contributed by atoms with E-state index in [-0.39, 0.29) is 42.5 Å². The molecule has 16 bridgehead atoms. The predicted octanol–water partition coefficient (Wildman–Crippen LogP) is 14.6. The van der Waals surface area contributed by atoms with E-state index in [0.717, 1.165) is 165 Å². The minimum Gasteiger partial charge on any atom is -0.657 e. The fourth-order valence-corrected chi connectivity index (χ4v) is 12.3. The van der Waals surface area contributed by atoms with Crippen LogP contribution in [-0.4, -0.2) is 74.2 Å². The van der Waals surface area contributed by atoms with Crippen LogP contribution in [0.5, 0.6) is 0 Å². The predicted molar refractivity (Wildman–Crippen MR) is 334 cm³/mol. The summed E-state index contributed by atoms with van der Waals surface area (Å²) in [6.45, 7) is 24.9. The summed E-state index contributed by atoms with van der Waals surface area (Å²) in [6, 6.07) is 16.1. The molecule has 0 spiro atoms. The molecule has 10 rings (SSSR count). The Morgan fingerprint density at radius 2 is 0.682 bits per heavy atom. The number of aliphatic carboxylic acids is 4. The summed E-state index contributed by atoms with van der Waals surface area (Å²) in [5.41, 5.74) is 29.7. The number of aromatic nitrogens is 8. The third kappa shape index (κ3) is 12.7. The van der Waals surface area contributed by atoms with E-state index in [9.17, 15) is 39.6 Å². The summed E-state index contributed by atoms with van der Waals surface area (Å²) in [7, 11) is 0. The average Bonchev–Trinajstić information content (AvgIpc) is 3.54. The van der Waals surface area contributed by atoms with Gasteiger partial charge < -0.3 is 40.4 Å². The van der Waals surface area contributed by atoms with Crippen molar-refractivity contribution in [2.24, 2.45) is 0 Å². The van der Waals surface area contributed by atoms with Crippen LogP contribution in [0.1, 0.15) is 197 Å². The molecule has 0 fully saturated rings. The SMILES string of the molecule is CCC1=C(C)c2cc3[n-]c(cc4nc(cc5[n-]c(cc1n2)c(C)c5CCC(=O)O)C(CCC(=O)O)=C4C)c(C)c3CC.CCC1=C(C)c2cc3nc(cc4[nH]c(cc5[nH]c(cc1n2)c(C)c5CC)c(C)c4CCC(=O)O)C(CCC(=O)O)=C3C.[Co+2]. The molecule has 6 aromatic rings. The quantitative estimate of drug-likeness (QED) is 0.0527. The van der Waals surface area contributed by atoms with Crippen LogP contribution in [0.15, 0.2) is 48.5 Å². The average molecular weight is 1190 g/mol. The first-order chi connectivity index (χ1) is 40.0. The molecular weight excluding hydrogens is 1120 g/mol. The number of allylic oxidation sites excluding steroid dienone is 8. The van der Waals surface area contributed by atoms with Gasteiger partial charge in [0, 0.05) is 47.8 Å². The van der Waals surface area contributed by atoms with Gasteiger partial charge >= 0.3 is 40.7 Å². The Balaban J connectivity index is 0.000000219. The number of H-pyrrole nitrogens is 2. The number of carboxylic acids is 4. The molecule has 0 atom stereocenters. The molecule has 0 aromatic carbocycles. The Hall–Kier alpha value is -8.41. The minimum absolute atomic E-state index is 0. The van der Waals surface area contributed by atoms with E-state index in [1.807, 2.05) is 58.0 Å². The Bertz CT molecular complexity index is 4250. The van der Waals surface area contributed by atoms with Crippen LogP contribution in [0.25, 0.3) is 88.7 Å². The molecule has 0 saturated heterocycles. The van der Waals surface area contributed by atoms with E-state index in [0.29, 0.717) is 42.6 Å². The molecular formula is C68H74CoN8O8. The summed E-state index contributed by atoms with van der Waals surface area (Å²) in [5.74, 6) is -3.48. The van der Waals surface area contributed by atoms with Crippen molar-refractivity contribution in [3.05, 3.63) is 139 Å². The van der Waals surface area contributed by atoms with Crippen LogP contribution < -0.4 is 9.97 Å². The first-order valence-electron chi connectivity index (χ1n) is 29.1. The van der Waals surface area contributed by atoms with Crippen LogP contribution in [0.3, 0.4) is 0 Å². The van der Waals surface area contributed by atoms with Gasteiger partial charge in [-0.1, -0.05) is 74.2 Å². The zero-order valence-corrected chi connectivity index (χ0v) is 51.6. The summed E-state index contributed by atoms with van der Waals surface area (Å²) >= 11 is 0. The second-order valence-electron chi connectivity index (χ2n) is 22.2. The minimum atomic E-state index is -0.878. The van der Waals surface area contributed by atoms with Gasteiger partial charge in [0.05, 0.1) is 45.6 Å². The molecule has 17 heteroatoms. The number of carbonyl (C=O) groups is 4. The van der Waals surface area contributed by atoms with Crippen LogP contribution in [-0.2, 0) is 61.6 Å². The van der Waals surface area contributed by atoms with Gasteiger partial charge in [-0.25, -0.2) is 19.9 Å². The number of hydrogen-bond donors (Lipinski definition) is 6. The molecule has 85 heavy (non-hydrogen) atoms. The molecule has 10 heterocycles. The van der Waals surface area contributed by atoms with Crippen molar-refractivity contribution in [1.29, 1.82) is 0 Å². The van der Waals surface area contributed by atoms with Gasteiger partial charge in [-0.2, -0.15) is 0 Å². The number of nitrogens with zero attached hydrogens (tertiary/aromatic N) is 6. The molecule has 6 N–H and O–H groups in total. The second-order valence-corrected chi connectivity index (χ2v) is 22.2. The normalized spacial score (nSPS) is 13.1. The van der Waals surface area contributed by atoms with Gasteiger partial charge in [0.2, 0.25) is 0 Å². The molecule has 4 aliphatic rings. The van der Waals surface area contributed by atoms with Crippen molar-refractivity contribution in [2.45, 2.75) is 160 Å². The Labute approximate surface area is 505 Å². The molecule has 4 aliphatic heterocycles. The number of carboxylic acid groups (broad SMARTS) is 4. The summed E-state index contributed by atoms with van der Waals surface area (Å²) in [4.78, 5) is 83.4. The topological polar surface area (TPSA) is 261 Å². The van der Waals surface area contributed by atoms with Crippen molar-refractivity contribution >= 4 is 113 Å². The van der Waals surface area contributed by atoms with E-state index in [1.165, 1.54) is 22.3 Å². The zero-order chi connectivity index (χ0) is 60.6. The van der Waals surface area contributed by atoms with Crippen molar-refractivity contribution in [3.63, 3.8) is 0 Å². The first-order valence-corrected chi connectivity index (χ1v) is 29.1. The number of hydrogen-bond acceptors (Lipinski definition) is 8. The van der Waals surface area contributed by atoms with Crippen molar-refractivity contribution < 1.29 is 56.4 Å². The molecule has 6 aromatic heterocycles. The number of rotatable bonds is 16. The molecule has 0 saturated carbocycles. The molecule has 0 aliphatic carbocycles. The molecule has 1 radical (unpaired) electrons. The fraction of sp³-hybridized carbons (Fsp3) is 0.353. The zero-order valence-electron chi connectivity index (χ0n) is 50.5. The Kier molecular flexibility index (Phi) is 19.0. The molecule has 16 nitrogen and oxygen atoms in total. The second kappa shape index (κ2) is 25.8. The van der Waals surface area contributed by atoms with Crippen molar-refractivity contribution in [2.75, 3.05) is 0 Å². The summed E-state index contributed by atoms with van der Waals surface area (Å²) in [5, 5.41) is 37.8. The molecule has 0 unspecified atom stereocenters. The van der Waals surface area contributed by atoms with Crippen LogP contribution in [0, 0.1) is 27.7 Å². The van der Waals surface area contributed by atoms with Crippen LogP contribution in [0.2, 0.25) is 0 Å². The van der Waals surface area contributed by atoms with Crippen LogP contribution in [0.4, 0.5) is 0 Å². The third-order valence-electron chi connectivity index (χ3n) is 17.2. The number of aryl methyl sites for hydroxylation is 8. The number of nitrogens with one attached hydrogen (secondary N) is 2. The summed E-state index contributed by atoms with van der Waals surface area (Å²) < 4.78 is 0. The standard InChI is InChI=1S/2C34H38N4O4.Co/c2*1-7-21-17(3)25-13-26-19(5)23(9-11-33(39)40)31(37-26)16-32-24(10-12-34(41)42)20(6)28(38-32)15-30-22(8-2)18(4)27(36-30)14-29(21)35-25;/h13-16H,7-12H2,1-6H3,(H4,35,36,37,38,39,40,41,42);13-16,36,38H,7-12H2,1-6H3,(H,39,40)(H,41,42);/q;;+2/p-2. The van der Waals surface area contributed by atoms with Crippen molar-refractivity contribution in [3.8, 4) is 0 Å². The van der Waals surface area contributed by atoms with Gasteiger partial charge in [-0.15, -0.1) is 22.1 Å². The molecule has 443 valence electrons. The Morgan fingerprint density at radius 1 is 0.353 bits per heavy atom. The van der Waals surface area contributed by atoms with Gasteiger partial charge in [0.1, 0.15) is 0 Å². The van der Waals surface area contributed by atoms with E-state index >= 15 is 0 Å². The van der Waals surface area contributed by atoms with Gasteiger partial charge in [-0.05, 0) is 198 Å². The fourth-order valence-electron chi connectivity index (χ4n) is 12.3. The third-order valence-corrected chi connectivity index (χ3v) is 17.2. The Morgan fingerprint density at radius 3 is 1.16 bits per heavy atom. The smallest absolute Gasteiger partial charge is 0.657 e. The van der Waals surface area contributed by atoms with Gasteiger partial charge in [-0.3, -0.25) is 19.2 Å². The largest absolute Gasteiger partial charge is 2.00 e. The maximum Gasteiger partial charge on any atom is 2.00 e. The van der Waals surface area contributed by atoms with Gasteiger partial charge in [0.15, 0.2) is 0 Å². The van der Waals surface area contributed by atoms with Crippen LogP contribution >= 0.6 is 0 Å². The molecule has 0 amide bonds. The van der Waals surface area contributed by atoms with E-state index in [2.05, 4.69) is 83.6 Å². The van der Waals surface area contributed by atoms with E-state index < -0.39 is 23.9 Å². The first kappa shape index (κ1) is 62.6.